The zero-order valence-electron chi connectivity index (χ0n) is 23.0. The summed E-state index contributed by atoms with van der Waals surface area (Å²) in [5.74, 6) is 0.217. The van der Waals surface area contributed by atoms with Crippen molar-refractivity contribution in [3.05, 3.63) is 129 Å². The monoisotopic (exact) mass is 540 g/mol. The second kappa shape index (κ2) is 10.7. The number of anilines is 1. The Labute approximate surface area is 237 Å². The number of rotatable bonds is 7. The first kappa shape index (κ1) is 25.9. The molecule has 1 amide bonds. The Morgan fingerprint density at radius 2 is 1.98 bits per heavy atom. The second-order valence-electron chi connectivity index (χ2n) is 10.2. The SMILES string of the molecule is Cc1cc([C@@H](C)Nc2cccnc2C(=O)NCc2ccc3[nH]ccc3c2)c2oc(-c3cc#ccc3)c(C)c(=O)c2c1. The summed E-state index contributed by atoms with van der Waals surface area (Å²) in [6.45, 7) is 6.07. The van der Waals surface area contributed by atoms with Gasteiger partial charge in [-0.05, 0) is 91.9 Å². The number of carbonyl (C=O) groups excluding carboxylic acids is 1. The van der Waals surface area contributed by atoms with Crippen molar-refractivity contribution in [2.75, 3.05) is 5.32 Å². The lowest BCUT2D eigenvalue weighted by Crippen LogP contribution is -2.25. The van der Waals surface area contributed by atoms with E-state index >= 15 is 0 Å². The zero-order chi connectivity index (χ0) is 28.5. The van der Waals surface area contributed by atoms with Crippen molar-refractivity contribution in [3.63, 3.8) is 0 Å². The molecule has 0 spiro atoms. The Morgan fingerprint density at radius 3 is 2.80 bits per heavy atom. The number of carbonyl (C=O) groups is 1. The molecule has 0 radical (unpaired) electrons. The van der Waals surface area contributed by atoms with Gasteiger partial charge < -0.3 is 20.0 Å². The van der Waals surface area contributed by atoms with Gasteiger partial charge in [0.15, 0.2) is 11.1 Å². The number of nitrogens with zero attached hydrogens (tertiary/aromatic N) is 1. The number of aromatic amines is 1. The maximum Gasteiger partial charge on any atom is 0.272 e. The minimum atomic E-state index is -0.307. The standard InChI is InChI=1S/C34H28N4O3/c1-20-16-26(33-27(17-20)31(39)21(2)32(41-33)24-8-5-4-6-9-24)22(3)38-29-10-7-14-36-30(29)34(40)37-19-23-11-12-28-25(18-23)13-15-35-28/h5,7-18,22,35,38H,19H2,1-3H3,(H,37,40)/t22-/m1/s1. The van der Waals surface area contributed by atoms with E-state index in [1.54, 1.807) is 31.3 Å². The molecule has 0 saturated carbocycles. The normalized spacial score (nSPS) is 11.8. The molecule has 0 aliphatic heterocycles. The van der Waals surface area contributed by atoms with Crippen molar-refractivity contribution in [2.45, 2.75) is 33.4 Å². The summed E-state index contributed by atoms with van der Waals surface area (Å²) in [6.07, 6.45) is 3.49. The minimum Gasteiger partial charge on any atom is -0.455 e. The molecule has 3 N–H and O–H groups in total. The molecular weight excluding hydrogens is 512 g/mol. The molecule has 1 atom stereocenters. The largest absolute Gasteiger partial charge is 0.455 e. The van der Waals surface area contributed by atoms with Gasteiger partial charge >= 0.3 is 0 Å². The van der Waals surface area contributed by atoms with Crippen LogP contribution in [0.4, 0.5) is 5.69 Å². The fourth-order valence-corrected chi connectivity index (χ4v) is 5.15. The molecule has 0 aliphatic rings. The number of H-pyrrole nitrogens is 1. The van der Waals surface area contributed by atoms with Crippen LogP contribution in [0.15, 0.2) is 88.3 Å². The van der Waals surface area contributed by atoms with E-state index in [0.717, 1.165) is 33.2 Å². The number of hydrogen-bond donors (Lipinski definition) is 3. The van der Waals surface area contributed by atoms with Crippen LogP contribution in [0, 0.1) is 26.0 Å². The lowest BCUT2D eigenvalue weighted by molar-refractivity contribution is 0.0946. The van der Waals surface area contributed by atoms with Crippen molar-refractivity contribution in [3.8, 4) is 11.3 Å². The molecule has 3 heterocycles. The molecule has 202 valence electrons. The predicted octanol–water partition coefficient (Wildman–Crippen LogP) is 6.66. The van der Waals surface area contributed by atoms with Crippen LogP contribution in [-0.4, -0.2) is 15.9 Å². The third kappa shape index (κ3) is 5.04. The quantitative estimate of drug-likeness (QED) is 0.210. The Bertz CT molecular complexity index is 1960. The van der Waals surface area contributed by atoms with Gasteiger partial charge in [-0.1, -0.05) is 24.3 Å². The average Bonchev–Trinajstić information content (AvgIpc) is 3.46. The van der Waals surface area contributed by atoms with Crippen LogP contribution in [0.1, 0.15) is 45.7 Å². The highest BCUT2D eigenvalue weighted by molar-refractivity contribution is 5.97. The van der Waals surface area contributed by atoms with Crippen molar-refractivity contribution in [1.29, 1.82) is 0 Å². The first-order valence-electron chi connectivity index (χ1n) is 13.4. The Hall–Kier alpha value is -5.35. The summed E-state index contributed by atoms with van der Waals surface area (Å²) in [7, 11) is 0. The molecule has 6 rings (SSSR count). The number of aromatic nitrogens is 2. The maximum atomic E-state index is 13.4. The van der Waals surface area contributed by atoms with Gasteiger partial charge in [-0.2, -0.15) is 0 Å². The van der Waals surface area contributed by atoms with Crippen molar-refractivity contribution in [2.24, 2.45) is 0 Å². The van der Waals surface area contributed by atoms with E-state index in [9.17, 15) is 9.59 Å². The number of aryl methyl sites for hydroxylation is 1. The Morgan fingerprint density at radius 1 is 1.10 bits per heavy atom. The molecule has 0 bridgehead atoms. The molecule has 3 aromatic carbocycles. The van der Waals surface area contributed by atoms with Crippen LogP contribution in [0.2, 0.25) is 0 Å². The van der Waals surface area contributed by atoms with Gasteiger partial charge in [-0.25, -0.2) is 4.98 Å². The van der Waals surface area contributed by atoms with E-state index in [1.807, 2.05) is 68.6 Å². The van der Waals surface area contributed by atoms with Crippen LogP contribution >= 0.6 is 0 Å². The topological polar surface area (TPSA) is 100 Å². The number of amides is 1. The molecule has 0 aliphatic carbocycles. The number of fused-ring (bicyclic) bond motifs is 2. The Balaban J connectivity index is 1.30. The van der Waals surface area contributed by atoms with Crippen molar-refractivity contribution in [1.82, 2.24) is 15.3 Å². The van der Waals surface area contributed by atoms with E-state index in [1.165, 1.54) is 0 Å². The number of hydrogen-bond acceptors (Lipinski definition) is 5. The number of nitrogens with one attached hydrogen (secondary N) is 3. The van der Waals surface area contributed by atoms with E-state index in [2.05, 4.69) is 32.7 Å². The van der Waals surface area contributed by atoms with Gasteiger partial charge in [0, 0.05) is 41.1 Å². The summed E-state index contributed by atoms with van der Waals surface area (Å²) in [5.41, 5.74) is 6.37. The van der Waals surface area contributed by atoms with E-state index < -0.39 is 0 Å². The van der Waals surface area contributed by atoms with Crippen molar-refractivity contribution >= 4 is 33.5 Å². The molecule has 0 fully saturated rings. The van der Waals surface area contributed by atoms with Gasteiger partial charge in [0.1, 0.15) is 11.3 Å². The van der Waals surface area contributed by atoms with E-state index in [-0.39, 0.29) is 23.1 Å². The maximum absolute atomic E-state index is 13.4. The summed E-state index contributed by atoms with van der Waals surface area (Å²) in [5, 5.41) is 8.03. The lowest BCUT2D eigenvalue weighted by atomic mass is 9.99. The van der Waals surface area contributed by atoms with Crippen molar-refractivity contribution < 1.29 is 9.21 Å². The first-order chi connectivity index (χ1) is 19.9. The first-order valence-corrected chi connectivity index (χ1v) is 13.4. The van der Waals surface area contributed by atoms with Crippen LogP contribution < -0.4 is 16.1 Å². The summed E-state index contributed by atoms with van der Waals surface area (Å²) in [4.78, 5) is 34.2. The van der Waals surface area contributed by atoms with Gasteiger partial charge in [0.05, 0.1) is 17.1 Å². The van der Waals surface area contributed by atoms with Crippen LogP contribution in [0.25, 0.3) is 33.2 Å². The van der Waals surface area contributed by atoms with Gasteiger partial charge in [0.2, 0.25) is 0 Å². The third-order valence-electron chi connectivity index (χ3n) is 7.24. The Kier molecular flexibility index (Phi) is 6.74. The molecule has 0 unspecified atom stereocenters. The van der Waals surface area contributed by atoms with Crippen LogP contribution in [0.3, 0.4) is 0 Å². The van der Waals surface area contributed by atoms with Gasteiger partial charge in [-0.3, -0.25) is 9.59 Å². The third-order valence-corrected chi connectivity index (χ3v) is 7.24. The number of benzene rings is 2. The minimum absolute atomic E-state index is 0.0782. The van der Waals surface area contributed by atoms with Gasteiger partial charge in [0.25, 0.3) is 5.91 Å². The molecule has 41 heavy (non-hydrogen) atoms. The highest BCUT2D eigenvalue weighted by Crippen LogP contribution is 2.32. The molecular formula is C34H28N4O3. The van der Waals surface area contributed by atoms with E-state index in [0.29, 0.717) is 34.5 Å². The second-order valence-corrected chi connectivity index (χ2v) is 10.2. The summed E-state index contributed by atoms with van der Waals surface area (Å²) >= 11 is 0. The van der Waals surface area contributed by atoms with E-state index in [4.69, 9.17) is 4.42 Å². The molecule has 0 saturated heterocycles. The smallest absolute Gasteiger partial charge is 0.272 e. The lowest BCUT2D eigenvalue weighted by Gasteiger charge is -2.20. The fraction of sp³-hybridized carbons (Fsp3) is 0.147. The van der Waals surface area contributed by atoms with Crippen LogP contribution in [-0.2, 0) is 6.54 Å². The highest BCUT2D eigenvalue weighted by atomic mass is 16.3. The number of pyridine rings is 1. The van der Waals surface area contributed by atoms with Crippen LogP contribution in [0.5, 0.6) is 0 Å². The fourth-order valence-electron chi connectivity index (χ4n) is 5.15. The molecule has 7 heteroatoms. The van der Waals surface area contributed by atoms with Gasteiger partial charge in [-0.15, -0.1) is 0 Å². The molecule has 7 nitrogen and oxygen atoms in total. The predicted molar refractivity (Wildman–Crippen MR) is 161 cm³/mol. The summed E-state index contributed by atoms with van der Waals surface area (Å²) in [6, 6.07) is 26.3. The molecule has 6 aromatic rings. The summed E-state index contributed by atoms with van der Waals surface area (Å²) < 4.78 is 6.42. The average molecular weight is 541 g/mol. The molecule has 3 aromatic heterocycles. The zero-order valence-corrected chi connectivity index (χ0v) is 23.0. The highest BCUT2D eigenvalue weighted by Gasteiger charge is 2.21.